The van der Waals surface area contributed by atoms with E-state index in [1.54, 1.807) is 0 Å². The molecular formula is C17H20N2O3. The number of likely N-dealkylation sites (tertiary alicyclic amines) is 1. The monoisotopic (exact) mass is 300 g/mol. The Labute approximate surface area is 128 Å². The van der Waals surface area contributed by atoms with Gasteiger partial charge in [-0.2, -0.15) is 0 Å². The molecule has 3 rings (SSSR count). The van der Waals surface area contributed by atoms with E-state index in [1.165, 1.54) is 0 Å². The predicted molar refractivity (Wildman–Crippen MR) is 83.9 cm³/mol. The van der Waals surface area contributed by atoms with Gasteiger partial charge in [0.2, 0.25) is 0 Å². The van der Waals surface area contributed by atoms with Gasteiger partial charge in [0.25, 0.3) is 5.91 Å². The van der Waals surface area contributed by atoms with E-state index in [0.29, 0.717) is 18.8 Å². The number of amides is 1. The molecule has 2 N–H and O–H groups in total. The highest BCUT2D eigenvalue weighted by Gasteiger charge is 2.25. The van der Waals surface area contributed by atoms with E-state index in [9.17, 15) is 9.59 Å². The molecule has 1 aliphatic rings. The average molecular weight is 300 g/mol. The zero-order valence-corrected chi connectivity index (χ0v) is 12.6. The first-order valence-corrected chi connectivity index (χ1v) is 7.63. The molecule has 5 heteroatoms. The van der Waals surface area contributed by atoms with Crippen molar-refractivity contribution in [1.29, 1.82) is 0 Å². The van der Waals surface area contributed by atoms with Crippen molar-refractivity contribution in [2.45, 2.75) is 26.2 Å². The minimum absolute atomic E-state index is 0.00243. The van der Waals surface area contributed by atoms with Gasteiger partial charge in [0.1, 0.15) is 5.69 Å². The van der Waals surface area contributed by atoms with Gasteiger partial charge in [0, 0.05) is 30.4 Å². The summed E-state index contributed by atoms with van der Waals surface area (Å²) in [4.78, 5) is 28.3. The Kier molecular flexibility index (Phi) is 3.88. The lowest BCUT2D eigenvalue weighted by Gasteiger charge is -2.31. The molecule has 1 fully saturated rings. The van der Waals surface area contributed by atoms with Crippen molar-refractivity contribution < 1.29 is 14.7 Å². The molecule has 0 radical (unpaired) electrons. The summed E-state index contributed by atoms with van der Waals surface area (Å²) in [5, 5.41) is 9.87. The Morgan fingerprint density at radius 2 is 2.00 bits per heavy atom. The number of carboxylic acids is 1. The number of aromatic nitrogens is 1. The summed E-state index contributed by atoms with van der Waals surface area (Å²) in [6, 6.07) is 7.96. The zero-order chi connectivity index (χ0) is 15.7. The fourth-order valence-corrected chi connectivity index (χ4v) is 3.11. The molecule has 5 nitrogen and oxygen atoms in total. The molecule has 0 atom stereocenters. The SMILES string of the molecule is Cc1ccc2cc(C(=O)N3CCC(CC(=O)O)CC3)[nH]c2c1. The average Bonchev–Trinajstić information content (AvgIpc) is 2.89. The number of aryl methyl sites for hydroxylation is 1. The summed E-state index contributed by atoms with van der Waals surface area (Å²) < 4.78 is 0. The summed E-state index contributed by atoms with van der Waals surface area (Å²) in [6.45, 7) is 3.28. The molecule has 1 amide bonds. The number of carbonyl (C=O) groups excluding carboxylic acids is 1. The summed E-state index contributed by atoms with van der Waals surface area (Å²) in [6.07, 6.45) is 1.72. The van der Waals surface area contributed by atoms with E-state index in [0.717, 1.165) is 29.3 Å². The summed E-state index contributed by atoms with van der Waals surface area (Å²) in [7, 11) is 0. The van der Waals surface area contributed by atoms with Crippen LogP contribution in [0.3, 0.4) is 0 Å². The van der Waals surface area contributed by atoms with E-state index >= 15 is 0 Å². The van der Waals surface area contributed by atoms with E-state index in [4.69, 9.17) is 5.11 Å². The molecule has 0 spiro atoms. The Morgan fingerprint density at radius 1 is 1.27 bits per heavy atom. The fraction of sp³-hybridized carbons (Fsp3) is 0.412. The van der Waals surface area contributed by atoms with Crippen LogP contribution in [0.4, 0.5) is 0 Å². The van der Waals surface area contributed by atoms with Crippen LogP contribution in [-0.2, 0) is 4.79 Å². The maximum atomic E-state index is 12.6. The standard InChI is InChI=1S/C17H20N2O3/c1-11-2-3-13-10-15(18-14(13)8-11)17(22)19-6-4-12(5-7-19)9-16(20)21/h2-3,8,10,12,18H,4-7,9H2,1H3,(H,20,21). The van der Waals surface area contributed by atoms with Crippen LogP contribution in [0, 0.1) is 12.8 Å². The minimum Gasteiger partial charge on any atom is -0.481 e. The van der Waals surface area contributed by atoms with Crippen LogP contribution >= 0.6 is 0 Å². The largest absolute Gasteiger partial charge is 0.481 e. The molecule has 2 heterocycles. The Bertz CT molecular complexity index is 712. The maximum Gasteiger partial charge on any atom is 0.303 e. The van der Waals surface area contributed by atoms with E-state index in [-0.39, 0.29) is 18.2 Å². The van der Waals surface area contributed by atoms with Crippen molar-refractivity contribution in [2.75, 3.05) is 13.1 Å². The van der Waals surface area contributed by atoms with Crippen molar-refractivity contribution in [2.24, 2.45) is 5.92 Å². The van der Waals surface area contributed by atoms with E-state index in [2.05, 4.69) is 4.98 Å². The number of carbonyl (C=O) groups is 2. The number of hydrogen-bond donors (Lipinski definition) is 2. The Balaban J connectivity index is 1.69. The highest BCUT2D eigenvalue weighted by atomic mass is 16.4. The van der Waals surface area contributed by atoms with E-state index in [1.807, 2.05) is 36.1 Å². The lowest BCUT2D eigenvalue weighted by Crippen LogP contribution is -2.39. The number of H-pyrrole nitrogens is 1. The van der Waals surface area contributed by atoms with Gasteiger partial charge >= 0.3 is 5.97 Å². The van der Waals surface area contributed by atoms with Gasteiger partial charge in [-0.15, -0.1) is 0 Å². The van der Waals surface area contributed by atoms with Crippen molar-refractivity contribution in [3.05, 3.63) is 35.5 Å². The van der Waals surface area contributed by atoms with Crippen LogP contribution in [0.2, 0.25) is 0 Å². The lowest BCUT2D eigenvalue weighted by atomic mass is 9.93. The number of benzene rings is 1. The molecule has 116 valence electrons. The van der Waals surface area contributed by atoms with E-state index < -0.39 is 5.97 Å². The van der Waals surface area contributed by atoms with Crippen LogP contribution < -0.4 is 0 Å². The third-order valence-corrected chi connectivity index (χ3v) is 4.37. The lowest BCUT2D eigenvalue weighted by molar-refractivity contribution is -0.138. The molecular weight excluding hydrogens is 280 g/mol. The molecule has 1 aromatic carbocycles. The van der Waals surface area contributed by atoms with Crippen LogP contribution in [0.5, 0.6) is 0 Å². The van der Waals surface area contributed by atoms with Gasteiger partial charge in [-0.3, -0.25) is 9.59 Å². The van der Waals surface area contributed by atoms with Crippen molar-refractivity contribution >= 4 is 22.8 Å². The van der Waals surface area contributed by atoms with Gasteiger partial charge < -0.3 is 15.0 Å². The predicted octanol–water partition coefficient (Wildman–Crippen LogP) is 2.80. The summed E-state index contributed by atoms with van der Waals surface area (Å²) in [5.41, 5.74) is 2.74. The van der Waals surface area contributed by atoms with Crippen LogP contribution in [0.1, 0.15) is 35.3 Å². The maximum absolute atomic E-state index is 12.6. The zero-order valence-electron chi connectivity index (χ0n) is 12.6. The number of fused-ring (bicyclic) bond motifs is 1. The number of piperidine rings is 1. The smallest absolute Gasteiger partial charge is 0.303 e. The number of nitrogens with one attached hydrogen (secondary N) is 1. The highest BCUT2D eigenvalue weighted by molar-refractivity contribution is 5.98. The topological polar surface area (TPSA) is 73.4 Å². The molecule has 22 heavy (non-hydrogen) atoms. The first-order valence-electron chi connectivity index (χ1n) is 7.63. The molecule has 0 saturated carbocycles. The third kappa shape index (κ3) is 2.98. The van der Waals surface area contributed by atoms with Crippen molar-refractivity contribution in [3.63, 3.8) is 0 Å². The first-order chi connectivity index (χ1) is 10.5. The molecule has 0 unspecified atom stereocenters. The highest BCUT2D eigenvalue weighted by Crippen LogP contribution is 2.23. The number of hydrogen-bond acceptors (Lipinski definition) is 2. The number of rotatable bonds is 3. The molecule has 2 aromatic rings. The molecule has 0 bridgehead atoms. The van der Waals surface area contributed by atoms with Crippen molar-refractivity contribution in [3.8, 4) is 0 Å². The quantitative estimate of drug-likeness (QED) is 0.915. The second-order valence-corrected chi connectivity index (χ2v) is 6.11. The minimum atomic E-state index is -0.754. The second kappa shape index (κ2) is 5.83. The number of carboxylic acid groups (broad SMARTS) is 1. The first kappa shape index (κ1) is 14.6. The fourth-order valence-electron chi connectivity index (χ4n) is 3.11. The summed E-state index contributed by atoms with van der Waals surface area (Å²) >= 11 is 0. The molecule has 1 saturated heterocycles. The number of aromatic amines is 1. The van der Waals surface area contributed by atoms with Gasteiger partial charge in [0.15, 0.2) is 0 Å². The van der Waals surface area contributed by atoms with Gasteiger partial charge in [-0.25, -0.2) is 0 Å². The van der Waals surface area contributed by atoms with Crippen molar-refractivity contribution in [1.82, 2.24) is 9.88 Å². The van der Waals surface area contributed by atoms with Gasteiger partial charge in [-0.05, 0) is 43.4 Å². The Morgan fingerprint density at radius 3 is 2.68 bits per heavy atom. The van der Waals surface area contributed by atoms with Crippen LogP contribution in [0.15, 0.2) is 24.3 Å². The normalized spacial score (nSPS) is 16.1. The molecule has 0 aliphatic carbocycles. The second-order valence-electron chi connectivity index (χ2n) is 6.11. The number of nitrogens with zero attached hydrogens (tertiary/aromatic N) is 1. The summed E-state index contributed by atoms with van der Waals surface area (Å²) in [5.74, 6) is -0.565. The molecule has 1 aromatic heterocycles. The van der Waals surface area contributed by atoms with Gasteiger partial charge in [0.05, 0.1) is 0 Å². The third-order valence-electron chi connectivity index (χ3n) is 4.37. The number of aliphatic carboxylic acids is 1. The molecule has 1 aliphatic heterocycles. The van der Waals surface area contributed by atoms with Gasteiger partial charge in [-0.1, -0.05) is 12.1 Å². The Hall–Kier alpha value is -2.30. The van der Waals surface area contributed by atoms with Crippen LogP contribution in [-0.4, -0.2) is 40.0 Å². The van der Waals surface area contributed by atoms with Crippen LogP contribution in [0.25, 0.3) is 10.9 Å².